The van der Waals surface area contributed by atoms with Crippen molar-refractivity contribution >= 4 is 62.9 Å². The molecule has 6 nitrogen and oxygen atoms in total. The number of thioether (sulfide) groups is 1. The lowest BCUT2D eigenvalue weighted by Crippen LogP contribution is -2.14. The summed E-state index contributed by atoms with van der Waals surface area (Å²) in [6.07, 6.45) is 5.77. The van der Waals surface area contributed by atoms with Crippen molar-refractivity contribution in [1.82, 2.24) is 14.6 Å². The average molecular weight is 438 g/mol. The van der Waals surface area contributed by atoms with Crippen LogP contribution in [0.1, 0.15) is 28.8 Å². The Labute approximate surface area is 173 Å². The van der Waals surface area contributed by atoms with Crippen LogP contribution in [0.15, 0.2) is 17.4 Å². The maximum Gasteiger partial charge on any atom is 0.235 e. The molecule has 0 saturated carbocycles. The number of carbonyl (C=O) groups is 1. The first kappa shape index (κ1) is 18.6. The Morgan fingerprint density at radius 1 is 1.37 bits per heavy atom. The van der Waals surface area contributed by atoms with Crippen LogP contribution in [0.5, 0.6) is 0 Å². The molecule has 0 aliphatic heterocycles. The largest absolute Gasteiger partial charge is 0.316 e. The van der Waals surface area contributed by atoms with Gasteiger partial charge in [-0.3, -0.25) is 9.20 Å². The molecule has 10 heteroatoms. The maximum atomic E-state index is 12.4. The number of fused-ring (bicyclic) bond motifs is 2. The summed E-state index contributed by atoms with van der Waals surface area (Å²) in [7, 11) is 0. The van der Waals surface area contributed by atoms with Crippen molar-refractivity contribution in [1.29, 1.82) is 5.26 Å². The summed E-state index contributed by atoms with van der Waals surface area (Å²) >= 11 is 14.9. The second-order valence-corrected chi connectivity index (χ2v) is 8.94. The van der Waals surface area contributed by atoms with E-state index < -0.39 is 0 Å². The fraction of sp³-hybridized carbons (Fsp3) is 0.294. The monoisotopic (exact) mass is 437 g/mol. The van der Waals surface area contributed by atoms with Gasteiger partial charge < -0.3 is 5.32 Å². The number of hydrogen-bond donors (Lipinski definition) is 1. The summed E-state index contributed by atoms with van der Waals surface area (Å²) in [5, 5.41) is 22.5. The molecule has 0 fully saturated rings. The molecule has 1 aliphatic carbocycles. The van der Waals surface area contributed by atoms with Gasteiger partial charge in [-0.1, -0.05) is 35.0 Å². The van der Waals surface area contributed by atoms with Gasteiger partial charge in [0, 0.05) is 11.1 Å². The van der Waals surface area contributed by atoms with Crippen LogP contribution in [0, 0.1) is 11.3 Å². The van der Waals surface area contributed by atoms with Crippen LogP contribution in [0.25, 0.3) is 5.65 Å². The van der Waals surface area contributed by atoms with E-state index >= 15 is 0 Å². The van der Waals surface area contributed by atoms with Crippen molar-refractivity contribution in [3.8, 4) is 6.07 Å². The summed E-state index contributed by atoms with van der Waals surface area (Å²) in [4.78, 5) is 13.6. The van der Waals surface area contributed by atoms with E-state index in [4.69, 9.17) is 23.2 Å². The third-order valence-corrected chi connectivity index (χ3v) is 6.90. The maximum absolute atomic E-state index is 12.4. The van der Waals surface area contributed by atoms with E-state index in [1.54, 1.807) is 16.7 Å². The summed E-state index contributed by atoms with van der Waals surface area (Å²) < 4.78 is 1.66. The molecule has 1 amide bonds. The summed E-state index contributed by atoms with van der Waals surface area (Å²) in [6.45, 7) is 0. The lowest BCUT2D eigenvalue weighted by Gasteiger charge is -2.09. The van der Waals surface area contributed by atoms with Gasteiger partial charge in [-0.25, -0.2) is 0 Å². The van der Waals surface area contributed by atoms with Gasteiger partial charge in [-0.05, 0) is 37.3 Å². The molecule has 1 N–H and O–H groups in total. The number of nitrogens with one attached hydrogen (secondary N) is 1. The quantitative estimate of drug-likeness (QED) is 0.603. The molecule has 3 heterocycles. The van der Waals surface area contributed by atoms with Gasteiger partial charge in [0.2, 0.25) is 5.91 Å². The number of carbonyl (C=O) groups excluding carboxylic acids is 1. The number of hydrogen-bond acceptors (Lipinski definition) is 6. The molecule has 27 heavy (non-hydrogen) atoms. The molecule has 0 bridgehead atoms. The van der Waals surface area contributed by atoms with E-state index in [-0.39, 0.29) is 11.7 Å². The first-order valence-corrected chi connectivity index (χ1v) is 10.8. The van der Waals surface area contributed by atoms with Crippen LogP contribution < -0.4 is 5.32 Å². The minimum Gasteiger partial charge on any atom is -0.316 e. The van der Waals surface area contributed by atoms with Crippen LogP contribution in [0.3, 0.4) is 0 Å². The Hall–Kier alpha value is -1.79. The summed E-state index contributed by atoms with van der Waals surface area (Å²) in [6, 6.07) is 3.84. The van der Waals surface area contributed by atoms with Crippen molar-refractivity contribution < 1.29 is 4.79 Å². The Morgan fingerprint density at radius 3 is 3.00 bits per heavy atom. The van der Waals surface area contributed by atoms with Crippen molar-refractivity contribution in [2.45, 2.75) is 30.8 Å². The van der Waals surface area contributed by atoms with E-state index in [9.17, 15) is 10.1 Å². The zero-order chi connectivity index (χ0) is 19.0. The number of halogens is 2. The van der Waals surface area contributed by atoms with Gasteiger partial charge >= 0.3 is 0 Å². The number of pyridine rings is 1. The molecule has 3 aromatic heterocycles. The number of nitrogens with zero attached hydrogens (tertiary/aromatic N) is 4. The average Bonchev–Trinajstić information content (AvgIpc) is 3.20. The normalized spacial score (nSPS) is 13.4. The molecule has 0 radical (unpaired) electrons. The molecule has 0 atom stereocenters. The minimum absolute atomic E-state index is 0.137. The van der Waals surface area contributed by atoms with Gasteiger partial charge in [0.05, 0.1) is 21.4 Å². The first-order valence-electron chi connectivity index (χ1n) is 8.24. The molecule has 1 aliphatic rings. The number of nitriles is 1. The second-order valence-electron chi connectivity index (χ2n) is 6.05. The topological polar surface area (TPSA) is 83.1 Å². The molecule has 0 spiro atoms. The number of rotatable bonds is 4. The fourth-order valence-electron chi connectivity index (χ4n) is 3.07. The lowest BCUT2D eigenvalue weighted by molar-refractivity contribution is -0.113. The number of amides is 1. The van der Waals surface area contributed by atoms with Crippen molar-refractivity contribution in [2.75, 3.05) is 11.1 Å². The third kappa shape index (κ3) is 3.65. The molecule has 0 saturated heterocycles. The Kier molecular flexibility index (Phi) is 5.28. The zero-order valence-electron chi connectivity index (χ0n) is 14.0. The van der Waals surface area contributed by atoms with E-state index in [0.29, 0.717) is 31.4 Å². The standard InChI is InChI=1S/C17H13Cl2N5OS2/c18-9-5-12(19)15-22-23-17(24(15)7-9)26-8-14(25)21-16-11(6-20)10-3-1-2-4-13(10)27-16/h5,7H,1-4,8H2,(H,21,25). The zero-order valence-corrected chi connectivity index (χ0v) is 17.1. The van der Waals surface area contributed by atoms with E-state index in [1.807, 2.05) is 0 Å². The van der Waals surface area contributed by atoms with Gasteiger partial charge in [-0.15, -0.1) is 21.5 Å². The highest BCUT2D eigenvalue weighted by Crippen LogP contribution is 2.37. The predicted molar refractivity (Wildman–Crippen MR) is 108 cm³/mol. The van der Waals surface area contributed by atoms with Gasteiger partial charge in [0.1, 0.15) is 11.1 Å². The fourth-order valence-corrected chi connectivity index (χ4v) is 5.54. The van der Waals surface area contributed by atoms with Gasteiger partial charge in [0.25, 0.3) is 0 Å². The third-order valence-electron chi connectivity index (χ3n) is 4.26. The Bertz CT molecular complexity index is 1090. The molecular formula is C17H13Cl2N5OS2. The number of aryl methyl sites for hydroxylation is 1. The van der Waals surface area contributed by atoms with Crippen LogP contribution >= 0.6 is 46.3 Å². The van der Waals surface area contributed by atoms with E-state index in [1.165, 1.54) is 28.0 Å². The van der Waals surface area contributed by atoms with Crippen molar-refractivity contribution in [2.24, 2.45) is 0 Å². The van der Waals surface area contributed by atoms with Crippen LogP contribution in [-0.4, -0.2) is 26.3 Å². The van der Waals surface area contributed by atoms with Gasteiger partial charge in [-0.2, -0.15) is 5.26 Å². The highest BCUT2D eigenvalue weighted by molar-refractivity contribution is 7.99. The van der Waals surface area contributed by atoms with E-state index in [0.717, 1.165) is 31.2 Å². The lowest BCUT2D eigenvalue weighted by atomic mass is 9.96. The van der Waals surface area contributed by atoms with Crippen LogP contribution in [-0.2, 0) is 17.6 Å². The number of aromatic nitrogens is 3. The molecule has 138 valence electrons. The highest BCUT2D eigenvalue weighted by atomic mass is 35.5. The summed E-state index contributed by atoms with van der Waals surface area (Å²) in [5.41, 5.74) is 2.20. The number of anilines is 1. The Morgan fingerprint density at radius 2 is 2.19 bits per heavy atom. The van der Waals surface area contributed by atoms with E-state index in [2.05, 4.69) is 21.6 Å². The minimum atomic E-state index is -0.194. The smallest absolute Gasteiger partial charge is 0.235 e. The molecule has 0 unspecified atom stereocenters. The number of thiophene rings is 1. The van der Waals surface area contributed by atoms with Gasteiger partial charge in [0.15, 0.2) is 10.8 Å². The molecule has 4 rings (SSSR count). The molecular weight excluding hydrogens is 425 g/mol. The SMILES string of the molecule is N#Cc1c(NC(=O)CSc2nnc3c(Cl)cc(Cl)cn23)sc2c1CCCC2. The molecule has 3 aromatic rings. The predicted octanol–water partition coefficient (Wildman–Crippen LogP) is 4.58. The molecule has 0 aromatic carbocycles. The van der Waals surface area contributed by atoms with Crippen LogP contribution in [0.2, 0.25) is 10.0 Å². The Balaban J connectivity index is 1.48. The van der Waals surface area contributed by atoms with Crippen molar-refractivity contribution in [3.63, 3.8) is 0 Å². The van der Waals surface area contributed by atoms with Crippen molar-refractivity contribution in [3.05, 3.63) is 38.3 Å². The van der Waals surface area contributed by atoms with Crippen LogP contribution in [0.4, 0.5) is 5.00 Å². The highest BCUT2D eigenvalue weighted by Gasteiger charge is 2.22. The first-order chi connectivity index (χ1) is 13.1. The summed E-state index contributed by atoms with van der Waals surface area (Å²) in [5.74, 6) is -0.0572. The second kappa shape index (κ2) is 7.68.